The van der Waals surface area contributed by atoms with E-state index in [4.69, 9.17) is 21.4 Å². The molecule has 1 unspecified atom stereocenters. The molecule has 1 aliphatic rings. The molecule has 1 aliphatic heterocycles. The molecule has 16 heavy (non-hydrogen) atoms. The van der Waals surface area contributed by atoms with Gasteiger partial charge in [-0.1, -0.05) is 11.6 Å². The van der Waals surface area contributed by atoms with Crippen molar-refractivity contribution in [1.29, 1.82) is 0 Å². The highest BCUT2D eigenvalue weighted by atomic mass is 35.5. The standard InChI is InChI=1S/C10H8ClNO4/c11-5-1-2-6-7(3-5)16-8(4-9(13)14)10(15)12-6/h1-3,8H,4H2,(H,12,15)(H,13,14). The van der Waals surface area contributed by atoms with Crippen LogP contribution in [0.5, 0.6) is 5.75 Å². The fraction of sp³-hybridized carbons (Fsp3) is 0.200. The third-order valence-electron chi connectivity index (χ3n) is 2.12. The van der Waals surface area contributed by atoms with Gasteiger partial charge in [0.25, 0.3) is 5.91 Å². The fourth-order valence-electron chi connectivity index (χ4n) is 1.41. The Balaban J connectivity index is 2.26. The Labute approximate surface area is 96.0 Å². The molecule has 0 aliphatic carbocycles. The number of carboxylic acid groups (broad SMARTS) is 1. The minimum absolute atomic E-state index is 0.377. The molecule has 1 heterocycles. The van der Waals surface area contributed by atoms with E-state index in [1.54, 1.807) is 12.1 Å². The second-order valence-electron chi connectivity index (χ2n) is 3.33. The smallest absolute Gasteiger partial charge is 0.307 e. The Morgan fingerprint density at radius 1 is 1.56 bits per heavy atom. The van der Waals surface area contributed by atoms with Gasteiger partial charge >= 0.3 is 5.97 Å². The summed E-state index contributed by atoms with van der Waals surface area (Å²) in [6.07, 6.45) is -1.39. The van der Waals surface area contributed by atoms with Gasteiger partial charge in [0, 0.05) is 11.1 Å². The van der Waals surface area contributed by atoms with Crippen molar-refractivity contribution in [1.82, 2.24) is 0 Å². The van der Waals surface area contributed by atoms with Gasteiger partial charge in [0.2, 0.25) is 0 Å². The van der Waals surface area contributed by atoms with Crippen LogP contribution in [-0.4, -0.2) is 23.1 Å². The molecule has 0 spiro atoms. The molecule has 1 aromatic rings. The number of fused-ring (bicyclic) bond motifs is 1. The molecule has 2 rings (SSSR count). The first-order valence-electron chi connectivity index (χ1n) is 4.55. The quantitative estimate of drug-likeness (QED) is 0.823. The lowest BCUT2D eigenvalue weighted by molar-refractivity contribution is -0.142. The zero-order chi connectivity index (χ0) is 11.7. The van der Waals surface area contributed by atoms with Gasteiger partial charge < -0.3 is 15.2 Å². The lowest BCUT2D eigenvalue weighted by atomic mass is 10.1. The van der Waals surface area contributed by atoms with Crippen molar-refractivity contribution in [2.75, 3.05) is 5.32 Å². The minimum atomic E-state index is -1.09. The summed E-state index contributed by atoms with van der Waals surface area (Å²) in [5.74, 6) is -1.17. The summed E-state index contributed by atoms with van der Waals surface area (Å²) in [6.45, 7) is 0. The number of hydrogen-bond acceptors (Lipinski definition) is 3. The summed E-state index contributed by atoms with van der Waals surface area (Å²) < 4.78 is 5.26. The SMILES string of the molecule is O=C(O)CC1Oc2cc(Cl)ccc2NC1=O. The normalized spacial score (nSPS) is 18.3. The zero-order valence-electron chi connectivity index (χ0n) is 8.07. The molecular formula is C10H8ClNO4. The molecule has 0 saturated heterocycles. The minimum Gasteiger partial charge on any atom is -0.481 e. The third-order valence-corrected chi connectivity index (χ3v) is 2.36. The first-order chi connectivity index (χ1) is 7.56. The number of carbonyl (C=O) groups is 2. The van der Waals surface area contributed by atoms with Crippen molar-refractivity contribution in [2.45, 2.75) is 12.5 Å². The van der Waals surface area contributed by atoms with E-state index in [-0.39, 0.29) is 6.42 Å². The van der Waals surface area contributed by atoms with Crippen molar-refractivity contribution in [3.63, 3.8) is 0 Å². The fourth-order valence-corrected chi connectivity index (χ4v) is 1.57. The van der Waals surface area contributed by atoms with E-state index in [2.05, 4.69) is 5.32 Å². The predicted octanol–water partition coefficient (Wildman–Crippen LogP) is 1.51. The molecule has 2 N–H and O–H groups in total. The van der Waals surface area contributed by atoms with E-state index >= 15 is 0 Å². The molecule has 0 saturated carbocycles. The molecule has 1 atom stereocenters. The number of benzene rings is 1. The number of rotatable bonds is 2. The number of anilines is 1. The van der Waals surface area contributed by atoms with Crippen LogP contribution in [0, 0.1) is 0 Å². The largest absolute Gasteiger partial charge is 0.481 e. The molecule has 0 fully saturated rings. The summed E-state index contributed by atoms with van der Waals surface area (Å²) in [4.78, 5) is 22.0. The molecule has 1 amide bonds. The molecule has 0 radical (unpaired) electrons. The Hall–Kier alpha value is -1.75. The number of halogens is 1. The van der Waals surface area contributed by atoms with Gasteiger partial charge in [0.15, 0.2) is 6.10 Å². The number of ether oxygens (including phenoxy) is 1. The first kappa shape index (κ1) is 10.8. The Morgan fingerprint density at radius 3 is 3.00 bits per heavy atom. The van der Waals surface area contributed by atoms with Gasteiger partial charge in [-0.15, -0.1) is 0 Å². The molecule has 0 aromatic heterocycles. The number of aliphatic carboxylic acids is 1. The van der Waals surface area contributed by atoms with Crippen LogP contribution in [0.15, 0.2) is 18.2 Å². The van der Waals surface area contributed by atoms with E-state index in [1.165, 1.54) is 6.07 Å². The van der Waals surface area contributed by atoms with Crippen LogP contribution in [0.1, 0.15) is 6.42 Å². The van der Waals surface area contributed by atoms with Crippen LogP contribution in [0.25, 0.3) is 0 Å². The number of amides is 1. The van der Waals surface area contributed by atoms with Crippen LogP contribution < -0.4 is 10.1 Å². The van der Waals surface area contributed by atoms with Gasteiger partial charge in [-0.2, -0.15) is 0 Å². The average Bonchev–Trinajstić information content (AvgIpc) is 2.19. The van der Waals surface area contributed by atoms with Crippen LogP contribution in [0.3, 0.4) is 0 Å². The summed E-state index contributed by atoms with van der Waals surface area (Å²) in [5, 5.41) is 11.6. The number of carboxylic acids is 1. The van der Waals surface area contributed by atoms with Gasteiger partial charge in [-0.3, -0.25) is 9.59 Å². The van der Waals surface area contributed by atoms with E-state index < -0.39 is 18.0 Å². The number of carbonyl (C=O) groups excluding carboxylic acids is 1. The van der Waals surface area contributed by atoms with E-state index in [9.17, 15) is 9.59 Å². The van der Waals surface area contributed by atoms with Gasteiger partial charge in [-0.05, 0) is 12.1 Å². The highest BCUT2D eigenvalue weighted by Gasteiger charge is 2.29. The summed E-state index contributed by atoms with van der Waals surface area (Å²) in [7, 11) is 0. The van der Waals surface area contributed by atoms with E-state index in [0.29, 0.717) is 16.5 Å². The maximum Gasteiger partial charge on any atom is 0.307 e. The van der Waals surface area contributed by atoms with Crippen LogP contribution in [-0.2, 0) is 9.59 Å². The van der Waals surface area contributed by atoms with Crippen molar-refractivity contribution in [3.8, 4) is 5.75 Å². The topological polar surface area (TPSA) is 75.6 Å². The van der Waals surface area contributed by atoms with Crippen molar-refractivity contribution in [2.24, 2.45) is 0 Å². The number of nitrogens with one attached hydrogen (secondary N) is 1. The van der Waals surface area contributed by atoms with Gasteiger partial charge in [0.05, 0.1) is 12.1 Å². The Kier molecular flexibility index (Phi) is 2.70. The highest BCUT2D eigenvalue weighted by Crippen LogP contribution is 2.32. The highest BCUT2D eigenvalue weighted by molar-refractivity contribution is 6.30. The molecular weight excluding hydrogens is 234 g/mol. The molecule has 6 heteroatoms. The second kappa shape index (κ2) is 4.02. The van der Waals surface area contributed by atoms with Crippen molar-refractivity contribution < 1.29 is 19.4 Å². The van der Waals surface area contributed by atoms with Crippen LogP contribution >= 0.6 is 11.6 Å². The van der Waals surface area contributed by atoms with Crippen LogP contribution in [0.4, 0.5) is 5.69 Å². The average molecular weight is 242 g/mol. The van der Waals surface area contributed by atoms with Crippen molar-refractivity contribution >= 4 is 29.2 Å². The maximum absolute atomic E-state index is 11.4. The molecule has 1 aromatic carbocycles. The summed E-state index contributed by atoms with van der Waals surface area (Å²) >= 11 is 5.76. The van der Waals surface area contributed by atoms with Crippen molar-refractivity contribution in [3.05, 3.63) is 23.2 Å². The maximum atomic E-state index is 11.4. The summed E-state index contributed by atoms with van der Waals surface area (Å²) in [5.41, 5.74) is 0.496. The van der Waals surface area contributed by atoms with Gasteiger partial charge in [0.1, 0.15) is 5.75 Å². The zero-order valence-corrected chi connectivity index (χ0v) is 8.82. The van der Waals surface area contributed by atoms with E-state index in [1.807, 2.05) is 0 Å². The Morgan fingerprint density at radius 2 is 2.31 bits per heavy atom. The Bertz CT molecular complexity index is 460. The first-order valence-corrected chi connectivity index (χ1v) is 4.93. The van der Waals surface area contributed by atoms with Gasteiger partial charge in [-0.25, -0.2) is 0 Å². The lowest BCUT2D eigenvalue weighted by Crippen LogP contribution is -2.38. The predicted molar refractivity (Wildman–Crippen MR) is 56.8 cm³/mol. The van der Waals surface area contributed by atoms with Crippen LogP contribution in [0.2, 0.25) is 5.02 Å². The summed E-state index contributed by atoms with van der Waals surface area (Å²) in [6, 6.07) is 4.75. The molecule has 0 bridgehead atoms. The lowest BCUT2D eigenvalue weighted by Gasteiger charge is -2.24. The van der Waals surface area contributed by atoms with E-state index in [0.717, 1.165) is 0 Å². The molecule has 84 valence electrons. The second-order valence-corrected chi connectivity index (χ2v) is 3.77. The third kappa shape index (κ3) is 2.09. The molecule has 5 nitrogen and oxygen atoms in total. The monoisotopic (exact) mass is 241 g/mol. The number of hydrogen-bond donors (Lipinski definition) is 2.